The minimum atomic E-state index is 0.489. The second-order valence-corrected chi connectivity index (χ2v) is 5.83. The van der Waals surface area contributed by atoms with Gasteiger partial charge in [0.1, 0.15) is 0 Å². The van der Waals surface area contributed by atoms with Crippen molar-refractivity contribution in [3.05, 3.63) is 12.2 Å². The lowest BCUT2D eigenvalue weighted by Crippen LogP contribution is -2.37. The molecule has 0 aromatic rings. The van der Waals surface area contributed by atoms with Crippen molar-refractivity contribution in [2.24, 2.45) is 5.41 Å². The highest BCUT2D eigenvalue weighted by Crippen LogP contribution is 2.31. The Balaban J connectivity index is 2.27. The molecule has 0 amide bonds. The number of nitrogens with one attached hydrogen (secondary N) is 1. The molecule has 0 aromatic heterocycles. The predicted molar refractivity (Wildman–Crippen MR) is 76.4 cm³/mol. The molecule has 17 heavy (non-hydrogen) atoms. The van der Waals surface area contributed by atoms with Gasteiger partial charge < -0.3 is 10.2 Å². The van der Waals surface area contributed by atoms with Gasteiger partial charge in [0.15, 0.2) is 0 Å². The molecule has 1 fully saturated rings. The maximum Gasteiger partial charge on any atom is 0.0131 e. The fourth-order valence-corrected chi connectivity index (χ4v) is 2.68. The van der Waals surface area contributed by atoms with E-state index in [1.807, 2.05) is 0 Å². The first-order valence-electron chi connectivity index (χ1n) is 7.17. The van der Waals surface area contributed by atoms with Crippen molar-refractivity contribution in [2.75, 3.05) is 26.2 Å². The predicted octanol–water partition coefficient (Wildman–Crippen LogP) is 3.05. The van der Waals surface area contributed by atoms with E-state index in [0.29, 0.717) is 11.5 Å². The van der Waals surface area contributed by atoms with Gasteiger partial charge in [-0.05, 0) is 51.2 Å². The molecular formula is C15H30N2. The minimum absolute atomic E-state index is 0.489. The fourth-order valence-electron chi connectivity index (χ4n) is 2.68. The van der Waals surface area contributed by atoms with Crippen LogP contribution in [0.15, 0.2) is 12.2 Å². The number of nitrogens with zero attached hydrogens (tertiary/aromatic N) is 1. The Hall–Kier alpha value is -0.340. The highest BCUT2D eigenvalue weighted by Gasteiger charge is 2.33. The summed E-state index contributed by atoms with van der Waals surface area (Å²) < 4.78 is 0. The standard InChI is InChI=1S/C15H30N2/c1-5-7-8-12-17(6-2)13-9-14-15(3,4)10-11-16-14/h5,7,14,16H,6,8-13H2,1-4H3. The molecule has 1 atom stereocenters. The summed E-state index contributed by atoms with van der Waals surface area (Å²) in [7, 11) is 0. The first kappa shape index (κ1) is 14.7. The van der Waals surface area contributed by atoms with Crippen molar-refractivity contribution >= 4 is 0 Å². The van der Waals surface area contributed by atoms with Crippen LogP contribution in [0.4, 0.5) is 0 Å². The second-order valence-electron chi connectivity index (χ2n) is 5.83. The van der Waals surface area contributed by atoms with Gasteiger partial charge in [-0.15, -0.1) is 0 Å². The normalized spacial score (nSPS) is 23.9. The summed E-state index contributed by atoms with van der Waals surface area (Å²) in [6, 6.07) is 0.707. The smallest absolute Gasteiger partial charge is 0.0131 e. The Morgan fingerprint density at radius 3 is 2.65 bits per heavy atom. The number of hydrogen-bond acceptors (Lipinski definition) is 2. The zero-order valence-electron chi connectivity index (χ0n) is 12.1. The van der Waals surface area contributed by atoms with E-state index in [-0.39, 0.29) is 0 Å². The van der Waals surface area contributed by atoms with Crippen molar-refractivity contribution < 1.29 is 0 Å². The summed E-state index contributed by atoms with van der Waals surface area (Å²) in [4.78, 5) is 2.57. The molecule has 1 N–H and O–H groups in total. The van der Waals surface area contributed by atoms with Crippen molar-refractivity contribution in [2.45, 2.75) is 53.0 Å². The van der Waals surface area contributed by atoms with E-state index in [2.05, 4.69) is 50.1 Å². The summed E-state index contributed by atoms with van der Waals surface area (Å²) in [5.41, 5.74) is 0.489. The molecule has 0 radical (unpaired) electrons. The van der Waals surface area contributed by atoms with Gasteiger partial charge in [-0.3, -0.25) is 0 Å². The van der Waals surface area contributed by atoms with Crippen LogP contribution in [0.3, 0.4) is 0 Å². The molecule has 0 spiro atoms. The molecule has 0 aromatic carbocycles. The molecule has 1 rings (SSSR count). The summed E-state index contributed by atoms with van der Waals surface area (Å²) in [5.74, 6) is 0. The molecule has 1 aliphatic rings. The summed E-state index contributed by atoms with van der Waals surface area (Å²) >= 11 is 0. The molecule has 100 valence electrons. The van der Waals surface area contributed by atoms with Crippen molar-refractivity contribution in [3.63, 3.8) is 0 Å². The quantitative estimate of drug-likeness (QED) is 0.686. The summed E-state index contributed by atoms with van der Waals surface area (Å²) in [6.07, 6.45) is 8.21. The molecule has 0 bridgehead atoms. The lowest BCUT2D eigenvalue weighted by atomic mass is 9.83. The van der Waals surface area contributed by atoms with E-state index >= 15 is 0 Å². The average molecular weight is 238 g/mol. The Bertz CT molecular complexity index is 233. The third-order valence-corrected chi connectivity index (χ3v) is 4.13. The Labute approximate surface area is 107 Å². The molecule has 1 heterocycles. The summed E-state index contributed by atoms with van der Waals surface area (Å²) in [5, 5.41) is 3.65. The van der Waals surface area contributed by atoms with Crippen LogP contribution in [-0.4, -0.2) is 37.1 Å². The maximum atomic E-state index is 3.65. The van der Waals surface area contributed by atoms with Crippen LogP contribution in [0.25, 0.3) is 0 Å². The van der Waals surface area contributed by atoms with Crippen molar-refractivity contribution in [1.29, 1.82) is 0 Å². The third-order valence-electron chi connectivity index (χ3n) is 4.13. The fraction of sp³-hybridized carbons (Fsp3) is 0.867. The number of allylic oxidation sites excluding steroid dienone is 1. The van der Waals surface area contributed by atoms with E-state index in [1.54, 1.807) is 0 Å². The monoisotopic (exact) mass is 238 g/mol. The van der Waals surface area contributed by atoms with E-state index in [0.717, 1.165) is 0 Å². The van der Waals surface area contributed by atoms with Crippen molar-refractivity contribution in [1.82, 2.24) is 10.2 Å². The van der Waals surface area contributed by atoms with Gasteiger partial charge in [0.2, 0.25) is 0 Å². The zero-order chi connectivity index (χ0) is 12.7. The molecule has 0 saturated carbocycles. The van der Waals surface area contributed by atoms with E-state index in [1.165, 1.54) is 45.4 Å². The van der Waals surface area contributed by atoms with Gasteiger partial charge in [0, 0.05) is 12.6 Å². The van der Waals surface area contributed by atoms with Crippen LogP contribution in [0, 0.1) is 5.41 Å². The SMILES string of the molecule is CC=CCCN(CC)CCC1NCCC1(C)C. The van der Waals surface area contributed by atoms with Gasteiger partial charge >= 0.3 is 0 Å². The van der Waals surface area contributed by atoms with E-state index in [9.17, 15) is 0 Å². The Kier molecular flexibility index (Phi) is 6.21. The van der Waals surface area contributed by atoms with Crippen LogP contribution in [0.2, 0.25) is 0 Å². The van der Waals surface area contributed by atoms with Crippen LogP contribution >= 0.6 is 0 Å². The molecule has 2 nitrogen and oxygen atoms in total. The van der Waals surface area contributed by atoms with E-state index in [4.69, 9.17) is 0 Å². The largest absolute Gasteiger partial charge is 0.313 e. The average Bonchev–Trinajstić information content (AvgIpc) is 2.63. The van der Waals surface area contributed by atoms with Gasteiger partial charge in [-0.25, -0.2) is 0 Å². The van der Waals surface area contributed by atoms with Crippen molar-refractivity contribution in [3.8, 4) is 0 Å². The third kappa shape index (κ3) is 4.81. The lowest BCUT2D eigenvalue weighted by molar-refractivity contribution is 0.234. The summed E-state index contributed by atoms with van der Waals surface area (Å²) in [6.45, 7) is 14.0. The number of hydrogen-bond donors (Lipinski definition) is 1. The molecule has 1 unspecified atom stereocenters. The van der Waals surface area contributed by atoms with Crippen LogP contribution in [-0.2, 0) is 0 Å². The first-order chi connectivity index (χ1) is 8.10. The van der Waals surface area contributed by atoms with Crippen LogP contribution in [0.1, 0.15) is 47.0 Å². The van der Waals surface area contributed by atoms with Gasteiger partial charge in [-0.1, -0.05) is 32.9 Å². The Morgan fingerprint density at radius 2 is 2.12 bits per heavy atom. The zero-order valence-corrected chi connectivity index (χ0v) is 12.1. The van der Waals surface area contributed by atoms with Gasteiger partial charge in [-0.2, -0.15) is 0 Å². The van der Waals surface area contributed by atoms with Gasteiger partial charge in [0.25, 0.3) is 0 Å². The highest BCUT2D eigenvalue weighted by atomic mass is 15.1. The minimum Gasteiger partial charge on any atom is -0.313 e. The lowest BCUT2D eigenvalue weighted by Gasteiger charge is -2.29. The Morgan fingerprint density at radius 1 is 1.35 bits per heavy atom. The first-order valence-corrected chi connectivity index (χ1v) is 7.17. The number of rotatable bonds is 7. The maximum absolute atomic E-state index is 3.65. The van der Waals surface area contributed by atoms with Crippen LogP contribution < -0.4 is 5.32 Å². The molecule has 1 aliphatic heterocycles. The molecule has 0 aliphatic carbocycles. The molecular weight excluding hydrogens is 208 g/mol. The molecule has 1 saturated heterocycles. The highest BCUT2D eigenvalue weighted by molar-refractivity contribution is 4.91. The topological polar surface area (TPSA) is 15.3 Å². The van der Waals surface area contributed by atoms with Crippen LogP contribution in [0.5, 0.6) is 0 Å². The van der Waals surface area contributed by atoms with Gasteiger partial charge in [0.05, 0.1) is 0 Å². The molecule has 2 heteroatoms. The van der Waals surface area contributed by atoms with E-state index < -0.39 is 0 Å². The second kappa shape index (κ2) is 7.17.